The predicted octanol–water partition coefficient (Wildman–Crippen LogP) is 3.22. The van der Waals surface area contributed by atoms with Crippen LogP contribution in [0.15, 0.2) is 22.7 Å². The number of halogens is 2. The minimum absolute atomic E-state index is 0.351. The van der Waals surface area contributed by atoms with Gasteiger partial charge < -0.3 is 4.42 Å². The van der Waals surface area contributed by atoms with E-state index in [0.29, 0.717) is 16.8 Å². The topological polar surface area (TPSA) is 26.0 Å². The smallest absolute Gasteiger partial charge is 0.228 e. The predicted molar refractivity (Wildman–Crippen MR) is 48.6 cm³/mol. The van der Waals surface area contributed by atoms with Gasteiger partial charge in [-0.2, -0.15) is 0 Å². The molecule has 2 rings (SSSR count). The Labute approximate surface area is 79.1 Å². The summed E-state index contributed by atoms with van der Waals surface area (Å²) < 4.78 is 5.08. The molecule has 0 aliphatic heterocycles. The van der Waals surface area contributed by atoms with Gasteiger partial charge in [-0.25, -0.2) is 4.98 Å². The maximum Gasteiger partial charge on any atom is 0.228 e. The Kier molecular flexibility index (Phi) is 1.95. The van der Waals surface area contributed by atoms with Gasteiger partial charge in [-0.05, 0) is 23.2 Å². The molecule has 0 amide bonds. The number of aromatic nitrogens is 1. The van der Waals surface area contributed by atoms with Crippen LogP contribution in [0.3, 0.4) is 0 Å². The van der Waals surface area contributed by atoms with E-state index in [1.165, 1.54) is 0 Å². The zero-order chi connectivity index (χ0) is 8.55. The van der Waals surface area contributed by atoms with Crippen molar-refractivity contribution in [1.82, 2.24) is 4.98 Å². The van der Waals surface area contributed by atoms with Crippen LogP contribution in [0.2, 0.25) is 5.22 Å². The highest BCUT2D eigenvalue weighted by Gasteiger charge is 2.02. The molecule has 0 aliphatic carbocycles. The Morgan fingerprint density at radius 1 is 1.42 bits per heavy atom. The van der Waals surface area contributed by atoms with Crippen LogP contribution in [0.5, 0.6) is 0 Å². The zero-order valence-corrected chi connectivity index (χ0v) is 7.56. The molecule has 0 unspecified atom stereocenters. The average Bonchev–Trinajstić information content (AvgIpc) is 2.43. The van der Waals surface area contributed by atoms with Gasteiger partial charge >= 0.3 is 0 Å². The molecule has 2 aromatic heterocycles. The lowest BCUT2D eigenvalue weighted by Crippen LogP contribution is -1.79. The number of hydrogen-bond donors (Lipinski definition) is 0. The summed E-state index contributed by atoms with van der Waals surface area (Å²) in [6.45, 7) is 0. The minimum Gasteiger partial charge on any atom is -0.426 e. The number of rotatable bonds is 1. The van der Waals surface area contributed by atoms with Crippen molar-refractivity contribution in [3.8, 4) is 0 Å². The van der Waals surface area contributed by atoms with Crippen molar-refractivity contribution < 1.29 is 4.42 Å². The highest BCUT2D eigenvalue weighted by atomic mass is 35.5. The van der Waals surface area contributed by atoms with Crippen LogP contribution < -0.4 is 0 Å². The van der Waals surface area contributed by atoms with E-state index in [-0.39, 0.29) is 0 Å². The maximum absolute atomic E-state index is 5.64. The van der Waals surface area contributed by atoms with Crippen molar-refractivity contribution in [2.45, 2.75) is 5.88 Å². The molecule has 2 heterocycles. The number of hydrogen-bond acceptors (Lipinski definition) is 2. The van der Waals surface area contributed by atoms with Gasteiger partial charge in [0, 0.05) is 23.5 Å². The molecule has 0 saturated heterocycles. The number of pyridine rings is 1. The van der Waals surface area contributed by atoms with Gasteiger partial charge in [0.1, 0.15) is 0 Å². The molecule has 0 N–H and O–H groups in total. The van der Waals surface area contributed by atoms with Crippen LogP contribution in [0.4, 0.5) is 0 Å². The third-order valence-corrected chi connectivity index (χ3v) is 2.05. The van der Waals surface area contributed by atoms with Crippen molar-refractivity contribution in [3.05, 3.63) is 29.1 Å². The Morgan fingerprint density at radius 3 is 3.00 bits per heavy atom. The van der Waals surface area contributed by atoms with Crippen LogP contribution in [0.25, 0.3) is 11.1 Å². The summed E-state index contributed by atoms with van der Waals surface area (Å²) in [4.78, 5) is 4.04. The van der Waals surface area contributed by atoms with Gasteiger partial charge in [-0.15, -0.1) is 11.6 Å². The fourth-order valence-corrected chi connectivity index (χ4v) is 1.36. The van der Waals surface area contributed by atoms with Crippen molar-refractivity contribution in [3.63, 3.8) is 0 Å². The summed E-state index contributed by atoms with van der Waals surface area (Å²) in [7, 11) is 0. The highest BCUT2D eigenvalue weighted by molar-refractivity contribution is 6.29. The maximum atomic E-state index is 5.64. The molecule has 0 aliphatic rings. The third kappa shape index (κ3) is 1.28. The minimum atomic E-state index is 0.351. The van der Waals surface area contributed by atoms with Gasteiger partial charge in [-0.1, -0.05) is 0 Å². The van der Waals surface area contributed by atoms with E-state index in [0.717, 1.165) is 10.9 Å². The van der Waals surface area contributed by atoms with E-state index in [1.807, 2.05) is 6.07 Å². The lowest BCUT2D eigenvalue weighted by Gasteiger charge is -1.91. The largest absolute Gasteiger partial charge is 0.426 e. The SMILES string of the molecule is ClCc1cnc2oc(Cl)cc2c1. The molecule has 2 nitrogen and oxygen atoms in total. The molecule has 0 radical (unpaired) electrons. The van der Waals surface area contributed by atoms with E-state index in [4.69, 9.17) is 27.6 Å². The monoisotopic (exact) mass is 201 g/mol. The van der Waals surface area contributed by atoms with Gasteiger partial charge in [0.05, 0.1) is 0 Å². The normalized spacial score (nSPS) is 10.8. The first-order valence-corrected chi connectivity index (χ1v) is 4.31. The Hall–Kier alpha value is -0.730. The molecule has 0 spiro atoms. The molecule has 0 bridgehead atoms. The number of alkyl halides is 1. The number of nitrogens with zero attached hydrogens (tertiary/aromatic N) is 1. The molecule has 0 fully saturated rings. The summed E-state index contributed by atoms with van der Waals surface area (Å²) >= 11 is 11.3. The molecule has 62 valence electrons. The van der Waals surface area contributed by atoms with E-state index < -0.39 is 0 Å². The van der Waals surface area contributed by atoms with E-state index in [2.05, 4.69) is 4.98 Å². The molecular formula is C8H5Cl2NO. The second kappa shape index (κ2) is 2.96. The van der Waals surface area contributed by atoms with Gasteiger partial charge in [0.25, 0.3) is 0 Å². The van der Waals surface area contributed by atoms with Crippen molar-refractivity contribution in [2.24, 2.45) is 0 Å². The van der Waals surface area contributed by atoms with Crippen LogP contribution in [-0.2, 0) is 5.88 Å². The second-order valence-corrected chi connectivity index (χ2v) is 3.06. The van der Waals surface area contributed by atoms with Crippen LogP contribution in [-0.4, -0.2) is 4.98 Å². The highest BCUT2D eigenvalue weighted by Crippen LogP contribution is 2.22. The lowest BCUT2D eigenvalue weighted by molar-refractivity contribution is 0.605. The summed E-state index contributed by atoms with van der Waals surface area (Å²) in [6, 6.07) is 3.63. The molecule has 12 heavy (non-hydrogen) atoms. The number of fused-ring (bicyclic) bond motifs is 1. The van der Waals surface area contributed by atoms with Crippen molar-refractivity contribution >= 4 is 34.3 Å². The summed E-state index contributed by atoms with van der Waals surface area (Å²) in [5.41, 5.74) is 1.51. The van der Waals surface area contributed by atoms with Crippen LogP contribution >= 0.6 is 23.2 Å². The molecule has 0 aromatic carbocycles. The van der Waals surface area contributed by atoms with Gasteiger partial charge in [0.15, 0.2) is 5.22 Å². The quantitative estimate of drug-likeness (QED) is 0.663. The Balaban J connectivity index is 2.66. The lowest BCUT2D eigenvalue weighted by atomic mass is 10.2. The van der Waals surface area contributed by atoms with Crippen LogP contribution in [0.1, 0.15) is 5.56 Å². The Morgan fingerprint density at radius 2 is 2.25 bits per heavy atom. The second-order valence-electron chi connectivity index (χ2n) is 2.42. The first-order chi connectivity index (χ1) is 5.79. The fraction of sp³-hybridized carbons (Fsp3) is 0.125. The van der Waals surface area contributed by atoms with Crippen molar-refractivity contribution in [1.29, 1.82) is 0 Å². The molecule has 4 heteroatoms. The van der Waals surface area contributed by atoms with Crippen LogP contribution in [0, 0.1) is 0 Å². The first kappa shape index (κ1) is 7.90. The van der Waals surface area contributed by atoms with E-state index in [9.17, 15) is 0 Å². The van der Waals surface area contributed by atoms with E-state index in [1.54, 1.807) is 12.3 Å². The standard InChI is InChI=1S/C8H5Cl2NO/c9-3-5-1-6-2-7(10)12-8(6)11-4-5/h1-2,4H,3H2. The van der Waals surface area contributed by atoms with Gasteiger partial charge in [-0.3, -0.25) is 0 Å². The van der Waals surface area contributed by atoms with Gasteiger partial charge in [0.2, 0.25) is 5.71 Å². The number of furan rings is 1. The summed E-state index contributed by atoms with van der Waals surface area (Å²) in [5, 5.41) is 1.24. The Bertz CT molecular complexity index is 410. The summed E-state index contributed by atoms with van der Waals surface area (Å²) in [5.74, 6) is 0.450. The van der Waals surface area contributed by atoms with Crippen molar-refractivity contribution in [2.75, 3.05) is 0 Å². The molecular weight excluding hydrogens is 197 g/mol. The summed E-state index contributed by atoms with van der Waals surface area (Å²) in [6.07, 6.45) is 1.68. The first-order valence-electron chi connectivity index (χ1n) is 3.39. The fourth-order valence-electron chi connectivity index (χ4n) is 1.02. The molecule has 2 aromatic rings. The molecule has 0 saturated carbocycles. The average molecular weight is 202 g/mol. The third-order valence-electron chi connectivity index (χ3n) is 1.55. The molecule has 0 atom stereocenters. The van der Waals surface area contributed by atoms with E-state index >= 15 is 0 Å². The zero-order valence-electron chi connectivity index (χ0n) is 6.05.